The standard InChI is InChI=1S/C22H27N3O5S/c1-29-18-4-6-19(7-5-18)30-15-22(26)23-17-2-8-20(9-3-17)31(27,28)24-21-14-25-12-10-16(21)11-13-25/h2-9,16,21,24H,10-15H2,1H3,(H,23,26)/t21-/m1/s1. The smallest absolute Gasteiger partial charge is 0.262 e. The van der Waals surface area contributed by atoms with Gasteiger partial charge in [0.2, 0.25) is 10.0 Å². The number of rotatable bonds is 8. The highest BCUT2D eigenvalue weighted by Crippen LogP contribution is 2.28. The van der Waals surface area contributed by atoms with Gasteiger partial charge >= 0.3 is 0 Å². The van der Waals surface area contributed by atoms with E-state index in [4.69, 9.17) is 9.47 Å². The molecule has 3 heterocycles. The van der Waals surface area contributed by atoms with Gasteiger partial charge < -0.3 is 19.7 Å². The van der Waals surface area contributed by atoms with Crippen LogP contribution in [0.1, 0.15) is 12.8 Å². The number of piperidine rings is 3. The SMILES string of the molecule is COc1ccc(OCC(=O)Nc2ccc(S(=O)(=O)N[C@@H]3CN4CCC3CC4)cc2)cc1. The molecule has 3 aliphatic rings. The summed E-state index contributed by atoms with van der Waals surface area (Å²) >= 11 is 0. The van der Waals surface area contributed by atoms with Crippen LogP contribution in [0.25, 0.3) is 0 Å². The van der Waals surface area contributed by atoms with Crippen LogP contribution in [0, 0.1) is 5.92 Å². The van der Waals surface area contributed by atoms with E-state index in [2.05, 4.69) is 14.9 Å². The number of amides is 1. The van der Waals surface area contributed by atoms with Crippen LogP contribution < -0.4 is 19.5 Å². The number of ether oxygens (including phenoxy) is 2. The number of fused-ring (bicyclic) bond motifs is 3. The number of benzene rings is 2. The number of sulfonamides is 1. The van der Waals surface area contributed by atoms with Crippen LogP contribution >= 0.6 is 0 Å². The van der Waals surface area contributed by atoms with Crippen molar-refractivity contribution in [2.24, 2.45) is 5.92 Å². The zero-order valence-corrected chi connectivity index (χ0v) is 18.2. The lowest BCUT2D eigenvalue weighted by atomic mass is 9.85. The first-order valence-corrected chi connectivity index (χ1v) is 11.8. The van der Waals surface area contributed by atoms with Gasteiger partial charge in [0.25, 0.3) is 5.91 Å². The van der Waals surface area contributed by atoms with Crippen LogP contribution in [0.3, 0.4) is 0 Å². The lowest BCUT2D eigenvalue weighted by molar-refractivity contribution is -0.118. The van der Waals surface area contributed by atoms with Gasteiger partial charge in [-0.25, -0.2) is 13.1 Å². The fourth-order valence-corrected chi connectivity index (χ4v) is 5.40. The number of methoxy groups -OCH3 is 1. The summed E-state index contributed by atoms with van der Waals surface area (Å²) in [5, 5.41) is 2.71. The van der Waals surface area contributed by atoms with Gasteiger partial charge in [0.15, 0.2) is 6.61 Å². The lowest BCUT2D eigenvalue weighted by Gasteiger charge is -2.44. The summed E-state index contributed by atoms with van der Waals surface area (Å²) in [5.41, 5.74) is 0.505. The summed E-state index contributed by atoms with van der Waals surface area (Å²) in [6.07, 6.45) is 2.08. The molecule has 3 fully saturated rings. The number of hydrogen-bond acceptors (Lipinski definition) is 6. The Morgan fingerprint density at radius 2 is 1.68 bits per heavy atom. The maximum Gasteiger partial charge on any atom is 0.262 e. The molecule has 31 heavy (non-hydrogen) atoms. The summed E-state index contributed by atoms with van der Waals surface area (Å²) in [4.78, 5) is 14.6. The molecule has 0 radical (unpaired) electrons. The van der Waals surface area contributed by atoms with Gasteiger partial charge in [-0.15, -0.1) is 0 Å². The third-order valence-corrected chi connectivity index (χ3v) is 7.35. The fourth-order valence-electron chi connectivity index (χ4n) is 4.10. The van der Waals surface area contributed by atoms with E-state index >= 15 is 0 Å². The van der Waals surface area contributed by atoms with Crippen molar-refractivity contribution in [2.45, 2.75) is 23.8 Å². The molecule has 2 aromatic rings. The molecule has 0 saturated carbocycles. The van der Waals surface area contributed by atoms with Crippen molar-refractivity contribution in [1.82, 2.24) is 9.62 Å². The van der Waals surface area contributed by atoms with Crippen LogP contribution in [0.4, 0.5) is 5.69 Å². The molecule has 0 spiro atoms. The van der Waals surface area contributed by atoms with E-state index in [0.29, 0.717) is 23.1 Å². The van der Waals surface area contributed by atoms with Crippen molar-refractivity contribution in [3.8, 4) is 11.5 Å². The van der Waals surface area contributed by atoms with Crippen molar-refractivity contribution in [3.63, 3.8) is 0 Å². The number of nitrogens with one attached hydrogen (secondary N) is 2. The van der Waals surface area contributed by atoms with Gasteiger partial charge in [-0.2, -0.15) is 0 Å². The maximum atomic E-state index is 12.8. The number of hydrogen-bond donors (Lipinski definition) is 2. The van der Waals surface area contributed by atoms with Crippen molar-refractivity contribution < 1.29 is 22.7 Å². The largest absolute Gasteiger partial charge is 0.497 e. The lowest BCUT2D eigenvalue weighted by Crippen LogP contribution is -2.57. The van der Waals surface area contributed by atoms with Crippen LogP contribution in [0.5, 0.6) is 11.5 Å². The quantitative estimate of drug-likeness (QED) is 0.646. The highest BCUT2D eigenvalue weighted by Gasteiger charge is 2.36. The molecular weight excluding hydrogens is 418 g/mol. The molecule has 9 heteroatoms. The maximum absolute atomic E-state index is 12.8. The van der Waals surface area contributed by atoms with E-state index in [-0.39, 0.29) is 23.5 Å². The Kier molecular flexibility index (Phi) is 6.45. The van der Waals surface area contributed by atoms with Gasteiger partial charge in [-0.3, -0.25) is 4.79 Å². The second-order valence-electron chi connectivity index (χ2n) is 7.90. The molecule has 1 atom stereocenters. The fraction of sp³-hybridized carbons (Fsp3) is 0.409. The first kappa shape index (κ1) is 21.6. The molecule has 3 aliphatic heterocycles. The average Bonchev–Trinajstić information content (AvgIpc) is 2.79. The van der Waals surface area contributed by atoms with Crippen LogP contribution in [0.2, 0.25) is 0 Å². The third kappa shape index (κ3) is 5.36. The van der Waals surface area contributed by atoms with E-state index in [9.17, 15) is 13.2 Å². The second kappa shape index (κ2) is 9.25. The van der Waals surface area contributed by atoms with E-state index in [0.717, 1.165) is 32.5 Å². The Bertz CT molecular complexity index is 1000. The molecule has 3 saturated heterocycles. The topological polar surface area (TPSA) is 97.0 Å². The molecule has 0 aromatic heterocycles. The molecule has 0 unspecified atom stereocenters. The zero-order valence-electron chi connectivity index (χ0n) is 17.4. The summed E-state index contributed by atoms with van der Waals surface area (Å²) in [5.74, 6) is 1.33. The zero-order chi connectivity index (χ0) is 21.8. The predicted molar refractivity (Wildman–Crippen MR) is 117 cm³/mol. The Labute approximate surface area is 182 Å². The van der Waals surface area contributed by atoms with Crippen molar-refractivity contribution in [2.75, 3.05) is 38.7 Å². The van der Waals surface area contributed by atoms with Crippen LogP contribution in [0.15, 0.2) is 53.4 Å². The molecular formula is C22H27N3O5S. The first-order valence-electron chi connectivity index (χ1n) is 10.3. The van der Waals surface area contributed by atoms with Gasteiger partial charge in [0.05, 0.1) is 12.0 Å². The molecule has 166 valence electrons. The van der Waals surface area contributed by atoms with Gasteiger partial charge in [0.1, 0.15) is 11.5 Å². The number of carbonyl (C=O) groups is 1. The Morgan fingerprint density at radius 3 is 2.26 bits per heavy atom. The summed E-state index contributed by atoms with van der Waals surface area (Å²) in [6.45, 7) is 2.72. The van der Waals surface area contributed by atoms with Gasteiger partial charge in [-0.1, -0.05) is 0 Å². The molecule has 1 amide bonds. The second-order valence-corrected chi connectivity index (χ2v) is 9.62. The summed E-state index contributed by atoms with van der Waals surface area (Å²) in [7, 11) is -2.03. The van der Waals surface area contributed by atoms with Crippen molar-refractivity contribution in [3.05, 3.63) is 48.5 Å². The Balaban J connectivity index is 1.30. The van der Waals surface area contributed by atoms with E-state index in [1.165, 1.54) is 12.1 Å². The van der Waals surface area contributed by atoms with E-state index < -0.39 is 10.0 Å². The highest BCUT2D eigenvalue weighted by molar-refractivity contribution is 7.89. The molecule has 8 nitrogen and oxygen atoms in total. The first-order chi connectivity index (χ1) is 14.9. The minimum Gasteiger partial charge on any atom is -0.497 e. The minimum atomic E-state index is -3.60. The van der Waals surface area contributed by atoms with E-state index in [1.807, 2.05) is 0 Å². The molecule has 0 aliphatic carbocycles. The summed E-state index contributed by atoms with van der Waals surface area (Å²) in [6, 6.07) is 13.1. The average molecular weight is 446 g/mol. The molecule has 2 N–H and O–H groups in total. The summed E-state index contributed by atoms with van der Waals surface area (Å²) < 4.78 is 38.9. The van der Waals surface area contributed by atoms with Crippen molar-refractivity contribution >= 4 is 21.6 Å². The Hall–Kier alpha value is -2.62. The normalized spacial score (nSPS) is 22.7. The predicted octanol–water partition coefficient (Wildman–Crippen LogP) is 2.09. The molecule has 2 aromatic carbocycles. The minimum absolute atomic E-state index is 0.0398. The number of anilines is 1. The third-order valence-electron chi connectivity index (χ3n) is 5.84. The van der Waals surface area contributed by atoms with Crippen molar-refractivity contribution in [1.29, 1.82) is 0 Å². The monoisotopic (exact) mass is 445 g/mol. The van der Waals surface area contributed by atoms with E-state index in [1.54, 1.807) is 43.5 Å². The number of carbonyl (C=O) groups excluding carboxylic acids is 1. The molecule has 2 bridgehead atoms. The van der Waals surface area contributed by atoms with Crippen LogP contribution in [-0.2, 0) is 14.8 Å². The highest BCUT2D eigenvalue weighted by atomic mass is 32.2. The Morgan fingerprint density at radius 1 is 1.03 bits per heavy atom. The van der Waals surface area contributed by atoms with Gasteiger partial charge in [0, 0.05) is 18.3 Å². The number of nitrogens with zero attached hydrogens (tertiary/aromatic N) is 1. The van der Waals surface area contributed by atoms with Crippen LogP contribution in [-0.4, -0.2) is 58.6 Å². The molecule has 5 rings (SSSR count). The van der Waals surface area contributed by atoms with Gasteiger partial charge in [-0.05, 0) is 80.4 Å².